The third-order valence-corrected chi connectivity index (χ3v) is 8.23. The topological polar surface area (TPSA) is 181 Å². The van der Waals surface area contributed by atoms with Gasteiger partial charge in [0.1, 0.15) is 0 Å². The Morgan fingerprint density at radius 1 is 1.14 bits per heavy atom. The van der Waals surface area contributed by atoms with E-state index in [9.17, 15) is 22.8 Å². The van der Waals surface area contributed by atoms with Gasteiger partial charge in [-0.2, -0.15) is 4.31 Å². The lowest BCUT2D eigenvalue weighted by molar-refractivity contribution is -0.130. The van der Waals surface area contributed by atoms with Crippen molar-refractivity contribution in [2.45, 2.75) is 48.8 Å². The first-order valence-electron chi connectivity index (χ1n) is 12.0. The Morgan fingerprint density at radius 3 is 2.65 bits per heavy atom. The molecule has 1 unspecified atom stereocenters. The second-order valence-corrected chi connectivity index (χ2v) is 11.0. The number of amides is 1. The second-order valence-electron chi connectivity index (χ2n) is 9.12. The van der Waals surface area contributed by atoms with Gasteiger partial charge in [0.25, 0.3) is 10.0 Å². The molecule has 0 bridgehead atoms. The predicted molar refractivity (Wildman–Crippen MR) is 137 cm³/mol. The number of ketones is 2. The van der Waals surface area contributed by atoms with Crippen molar-refractivity contribution in [3.8, 4) is 0 Å². The van der Waals surface area contributed by atoms with Crippen molar-refractivity contribution >= 4 is 38.4 Å². The number of benzene rings is 1. The first-order chi connectivity index (χ1) is 17.7. The number of carbonyl (C=O) groups excluding carboxylic acids is 3. The fourth-order valence-corrected chi connectivity index (χ4v) is 5.75. The van der Waals surface area contributed by atoms with Crippen LogP contribution < -0.4 is 16.8 Å². The lowest BCUT2D eigenvalue weighted by Crippen LogP contribution is -2.51. The Bertz CT molecular complexity index is 1390. The minimum Gasteiger partial charge on any atom is -0.361 e. The number of nitrogens with two attached hydrogens (primary N) is 2. The van der Waals surface area contributed by atoms with E-state index >= 15 is 0 Å². The van der Waals surface area contributed by atoms with E-state index in [2.05, 4.69) is 15.3 Å². The molecule has 11 nitrogen and oxygen atoms in total. The summed E-state index contributed by atoms with van der Waals surface area (Å²) >= 11 is 0. The minimum atomic E-state index is -3.94. The van der Waals surface area contributed by atoms with E-state index < -0.39 is 46.4 Å². The van der Waals surface area contributed by atoms with E-state index in [0.29, 0.717) is 12.8 Å². The fraction of sp³-hybridized carbons (Fsp3) is 0.360. The zero-order valence-corrected chi connectivity index (χ0v) is 21.0. The maximum atomic E-state index is 12.8. The Morgan fingerprint density at radius 2 is 1.89 bits per heavy atom. The van der Waals surface area contributed by atoms with Crippen LogP contribution in [0.15, 0.2) is 59.9 Å². The van der Waals surface area contributed by atoms with Gasteiger partial charge in [-0.1, -0.05) is 24.3 Å². The highest BCUT2D eigenvalue weighted by atomic mass is 32.2. The Hall–Kier alpha value is -3.45. The summed E-state index contributed by atoms with van der Waals surface area (Å²) in [4.78, 5) is 45.2. The van der Waals surface area contributed by atoms with Crippen molar-refractivity contribution in [3.63, 3.8) is 0 Å². The van der Waals surface area contributed by atoms with Crippen LogP contribution in [-0.2, 0) is 30.8 Å². The van der Waals surface area contributed by atoms with Crippen LogP contribution in [0, 0.1) is 0 Å². The number of pyridine rings is 1. The summed E-state index contributed by atoms with van der Waals surface area (Å²) in [5.74, 6) is -1.49. The number of para-hydroxylation sites is 1. The summed E-state index contributed by atoms with van der Waals surface area (Å²) in [6.45, 7) is -0.280. The molecular formula is C25H30N6O5S. The molecule has 12 heteroatoms. The molecule has 196 valence electrons. The van der Waals surface area contributed by atoms with Gasteiger partial charge < -0.3 is 21.8 Å². The molecule has 1 aliphatic heterocycles. The average molecular weight is 527 g/mol. The normalized spacial score (nSPS) is 18.8. The van der Waals surface area contributed by atoms with Gasteiger partial charge in [-0.3, -0.25) is 14.4 Å². The largest absolute Gasteiger partial charge is 0.361 e. The van der Waals surface area contributed by atoms with Crippen LogP contribution in [-0.4, -0.2) is 71.4 Å². The summed E-state index contributed by atoms with van der Waals surface area (Å²) < 4.78 is 26.8. The number of H-pyrrole nitrogens is 1. The minimum absolute atomic E-state index is 0.115. The summed E-state index contributed by atoms with van der Waals surface area (Å²) in [5.41, 5.74) is 13.9. The number of carbonyl (C=O) groups is 3. The molecule has 2 aromatic heterocycles. The Labute approximate surface area is 214 Å². The van der Waals surface area contributed by atoms with Crippen LogP contribution >= 0.6 is 0 Å². The summed E-state index contributed by atoms with van der Waals surface area (Å²) in [5, 5.41) is 3.41. The number of rotatable bonds is 9. The summed E-state index contributed by atoms with van der Waals surface area (Å²) in [7, 11) is -3.94. The molecule has 0 aliphatic carbocycles. The van der Waals surface area contributed by atoms with E-state index in [4.69, 9.17) is 11.5 Å². The second kappa shape index (κ2) is 11.3. The molecule has 0 spiro atoms. The van der Waals surface area contributed by atoms with E-state index in [1.807, 2.05) is 24.3 Å². The van der Waals surface area contributed by atoms with E-state index in [0.717, 1.165) is 20.8 Å². The Balaban J connectivity index is 1.32. The number of hydrogen-bond donors (Lipinski definition) is 4. The maximum absolute atomic E-state index is 12.8. The monoisotopic (exact) mass is 526 g/mol. The first kappa shape index (κ1) is 26.6. The van der Waals surface area contributed by atoms with E-state index in [1.165, 1.54) is 12.3 Å². The maximum Gasteiger partial charge on any atom is 0.260 e. The fourth-order valence-electron chi connectivity index (χ4n) is 4.38. The molecule has 0 saturated carbocycles. The molecule has 3 aromatic rings. The molecule has 6 N–H and O–H groups in total. The first-order valence-corrected chi connectivity index (χ1v) is 13.4. The van der Waals surface area contributed by atoms with E-state index in [-0.39, 0.29) is 30.2 Å². The predicted octanol–water partition coefficient (Wildman–Crippen LogP) is 0.258. The number of nitrogens with zero attached hydrogens (tertiary/aromatic N) is 2. The molecule has 1 saturated heterocycles. The third-order valence-electron chi connectivity index (χ3n) is 6.47. The van der Waals surface area contributed by atoms with E-state index in [1.54, 1.807) is 18.3 Å². The van der Waals surface area contributed by atoms with Crippen molar-refractivity contribution in [3.05, 3.63) is 60.4 Å². The lowest BCUT2D eigenvalue weighted by atomic mass is 9.98. The summed E-state index contributed by atoms with van der Waals surface area (Å²) in [6, 6.07) is 9.24. The average Bonchev–Trinajstić information content (AvgIpc) is 3.20. The number of Topliss-reactive ketones (excluding diaryl/α,β-unsaturated/α-hetero) is 2. The van der Waals surface area contributed by atoms with Crippen molar-refractivity contribution in [2.75, 3.05) is 13.1 Å². The van der Waals surface area contributed by atoms with Crippen LogP contribution in [0.1, 0.15) is 24.8 Å². The van der Waals surface area contributed by atoms with Crippen LogP contribution in [0.3, 0.4) is 0 Å². The van der Waals surface area contributed by atoms with Crippen LogP contribution in [0.5, 0.6) is 0 Å². The van der Waals surface area contributed by atoms with Gasteiger partial charge in [0.2, 0.25) is 5.91 Å². The van der Waals surface area contributed by atoms with Crippen LogP contribution in [0.25, 0.3) is 10.9 Å². The SMILES string of the molecule is N[C@@H](Cc1c[nH]c2ccccc12)C(=O)C[C@H](N)C(=O)NC1CCCN(S(=O)(=O)c2ccccn2)CC1=O. The highest BCUT2D eigenvalue weighted by Crippen LogP contribution is 2.20. The molecule has 1 amide bonds. The van der Waals surface area contributed by atoms with Gasteiger partial charge in [-0.05, 0) is 43.0 Å². The standard InChI is InChI=1S/C25H30N6O5S/c26-18(12-16-14-29-20-7-2-1-6-17(16)20)22(32)13-19(27)25(34)30-21-8-5-11-31(15-23(21)33)37(35,36)24-9-3-4-10-28-24/h1-4,6-7,9-10,14,18-19,21,29H,5,8,11-13,15,26-27H2,(H,30,34)/t18-,19-,21?/m0/s1. The Kier molecular flexibility index (Phi) is 8.13. The number of nitrogens with one attached hydrogen (secondary N) is 2. The number of hydrogen-bond acceptors (Lipinski definition) is 8. The molecule has 1 aliphatic rings. The zero-order chi connectivity index (χ0) is 26.6. The molecule has 37 heavy (non-hydrogen) atoms. The zero-order valence-electron chi connectivity index (χ0n) is 20.2. The molecule has 3 heterocycles. The van der Waals surface area contributed by atoms with Crippen molar-refractivity contribution < 1.29 is 22.8 Å². The number of aromatic amines is 1. The van der Waals surface area contributed by atoms with Gasteiger partial charge in [-0.15, -0.1) is 0 Å². The number of aromatic nitrogens is 2. The van der Waals surface area contributed by atoms with Gasteiger partial charge in [-0.25, -0.2) is 13.4 Å². The molecule has 0 radical (unpaired) electrons. The molecular weight excluding hydrogens is 496 g/mol. The van der Waals surface area contributed by atoms with Gasteiger partial charge in [0.15, 0.2) is 16.6 Å². The number of fused-ring (bicyclic) bond motifs is 1. The van der Waals surface area contributed by atoms with Crippen LogP contribution in [0.4, 0.5) is 0 Å². The van der Waals surface area contributed by atoms with Crippen molar-refractivity contribution in [1.29, 1.82) is 0 Å². The summed E-state index contributed by atoms with van der Waals surface area (Å²) in [6.07, 6.45) is 3.78. The molecule has 1 fully saturated rings. The number of sulfonamides is 1. The van der Waals surface area contributed by atoms with Gasteiger partial charge in [0.05, 0.1) is 24.7 Å². The van der Waals surface area contributed by atoms with Gasteiger partial charge in [0, 0.05) is 36.3 Å². The molecule has 1 aromatic carbocycles. The third kappa shape index (κ3) is 6.10. The molecule has 3 atom stereocenters. The quantitative estimate of drug-likeness (QED) is 0.306. The van der Waals surface area contributed by atoms with Crippen molar-refractivity contribution in [1.82, 2.24) is 19.6 Å². The van der Waals surface area contributed by atoms with Crippen LogP contribution in [0.2, 0.25) is 0 Å². The highest BCUT2D eigenvalue weighted by molar-refractivity contribution is 7.89. The molecule has 4 rings (SSSR count). The van der Waals surface area contributed by atoms with Crippen molar-refractivity contribution in [2.24, 2.45) is 11.5 Å². The lowest BCUT2D eigenvalue weighted by Gasteiger charge is -2.20. The smallest absolute Gasteiger partial charge is 0.260 e. The van der Waals surface area contributed by atoms with Gasteiger partial charge >= 0.3 is 0 Å². The highest BCUT2D eigenvalue weighted by Gasteiger charge is 2.34.